The van der Waals surface area contributed by atoms with Crippen molar-refractivity contribution in [3.8, 4) is 0 Å². The molecule has 0 aliphatic carbocycles. The van der Waals surface area contributed by atoms with Crippen molar-refractivity contribution in [3.05, 3.63) is 0 Å². The van der Waals surface area contributed by atoms with Crippen LogP contribution in [0.4, 0.5) is 0 Å². The molecular formula is C12H27NO4S. The third-order valence-electron chi connectivity index (χ3n) is 2.19. The maximum atomic E-state index is 11.6. The van der Waals surface area contributed by atoms with Crippen molar-refractivity contribution in [2.24, 2.45) is 5.41 Å². The molecule has 6 heteroatoms. The van der Waals surface area contributed by atoms with Crippen molar-refractivity contribution in [3.63, 3.8) is 0 Å². The molecule has 0 bridgehead atoms. The number of hydrogen-bond donors (Lipinski definition) is 2. The van der Waals surface area contributed by atoms with E-state index in [0.29, 0.717) is 6.42 Å². The van der Waals surface area contributed by atoms with Gasteiger partial charge in [-0.1, -0.05) is 20.8 Å². The van der Waals surface area contributed by atoms with Gasteiger partial charge in [0.1, 0.15) is 0 Å². The molecule has 18 heavy (non-hydrogen) atoms. The summed E-state index contributed by atoms with van der Waals surface area (Å²) in [7, 11) is -3.36. The van der Waals surface area contributed by atoms with Gasteiger partial charge in [-0.05, 0) is 25.7 Å². The molecule has 0 spiro atoms. The van der Waals surface area contributed by atoms with Gasteiger partial charge in [0.25, 0.3) is 0 Å². The van der Waals surface area contributed by atoms with Crippen molar-refractivity contribution in [1.82, 2.24) is 4.72 Å². The minimum atomic E-state index is -3.36. The second-order valence-corrected chi connectivity index (χ2v) is 7.93. The minimum Gasteiger partial charge on any atom is -0.392 e. The molecule has 0 aromatic rings. The Kier molecular flexibility index (Phi) is 7.36. The lowest BCUT2D eigenvalue weighted by atomic mass is 9.89. The molecule has 0 heterocycles. The summed E-state index contributed by atoms with van der Waals surface area (Å²) in [6.07, 6.45) is -0.0876. The minimum absolute atomic E-state index is 0.0201. The summed E-state index contributed by atoms with van der Waals surface area (Å²) in [6.45, 7) is 9.94. The van der Waals surface area contributed by atoms with Crippen LogP contribution in [-0.2, 0) is 14.8 Å². The topological polar surface area (TPSA) is 75.6 Å². The fourth-order valence-corrected chi connectivity index (χ4v) is 2.37. The standard InChI is InChI=1S/C12H27NO4S/c1-10(2)17-6-7-18(15,16)13-9-11(14)8-12(3,4)5/h10-11,13-14H,6-9H2,1-5H3. The van der Waals surface area contributed by atoms with E-state index in [2.05, 4.69) is 4.72 Å². The highest BCUT2D eigenvalue weighted by atomic mass is 32.2. The quantitative estimate of drug-likeness (QED) is 0.699. The van der Waals surface area contributed by atoms with Crippen LogP contribution in [0.2, 0.25) is 0 Å². The highest BCUT2D eigenvalue weighted by Gasteiger charge is 2.19. The van der Waals surface area contributed by atoms with E-state index in [0.717, 1.165) is 0 Å². The van der Waals surface area contributed by atoms with Gasteiger partial charge in [-0.2, -0.15) is 0 Å². The zero-order valence-corrected chi connectivity index (χ0v) is 12.9. The third kappa shape index (κ3) is 11.0. The van der Waals surface area contributed by atoms with Gasteiger partial charge >= 0.3 is 0 Å². The SMILES string of the molecule is CC(C)OCCS(=O)(=O)NCC(O)CC(C)(C)C. The van der Waals surface area contributed by atoms with Crippen molar-refractivity contribution in [2.75, 3.05) is 18.9 Å². The molecule has 0 radical (unpaired) electrons. The Balaban J connectivity index is 3.96. The molecule has 0 saturated heterocycles. The number of nitrogens with one attached hydrogen (secondary N) is 1. The van der Waals surface area contributed by atoms with Gasteiger partial charge in [-0.3, -0.25) is 0 Å². The van der Waals surface area contributed by atoms with Gasteiger partial charge in [0, 0.05) is 6.54 Å². The van der Waals surface area contributed by atoms with E-state index in [4.69, 9.17) is 4.74 Å². The van der Waals surface area contributed by atoms with Crippen LogP contribution in [0.5, 0.6) is 0 Å². The number of ether oxygens (including phenoxy) is 1. The van der Waals surface area contributed by atoms with E-state index in [1.54, 1.807) is 0 Å². The van der Waals surface area contributed by atoms with Gasteiger partial charge < -0.3 is 9.84 Å². The lowest BCUT2D eigenvalue weighted by Crippen LogP contribution is -2.36. The van der Waals surface area contributed by atoms with Crippen LogP contribution in [0.3, 0.4) is 0 Å². The van der Waals surface area contributed by atoms with Crippen LogP contribution < -0.4 is 4.72 Å². The fraction of sp³-hybridized carbons (Fsp3) is 1.00. The normalized spacial score (nSPS) is 15.1. The highest BCUT2D eigenvalue weighted by Crippen LogP contribution is 2.20. The summed E-state index contributed by atoms with van der Waals surface area (Å²) in [5.74, 6) is -0.0760. The number of hydrogen-bond acceptors (Lipinski definition) is 4. The molecule has 1 atom stereocenters. The molecule has 0 fully saturated rings. The van der Waals surface area contributed by atoms with Gasteiger partial charge in [-0.25, -0.2) is 13.1 Å². The van der Waals surface area contributed by atoms with Gasteiger partial charge in [0.2, 0.25) is 10.0 Å². The average molecular weight is 281 g/mol. The summed E-state index contributed by atoms with van der Waals surface area (Å²) in [5, 5.41) is 9.70. The summed E-state index contributed by atoms with van der Waals surface area (Å²) in [4.78, 5) is 0. The Hall–Kier alpha value is -0.170. The van der Waals surface area contributed by atoms with E-state index in [1.807, 2.05) is 34.6 Å². The second kappa shape index (κ2) is 7.43. The summed E-state index contributed by atoms with van der Waals surface area (Å²) >= 11 is 0. The molecule has 110 valence electrons. The van der Waals surface area contributed by atoms with Crippen LogP contribution in [0.1, 0.15) is 41.0 Å². The van der Waals surface area contributed by atoms with E-state index in [9.17, 15) is 13.5 Å². The molecule has 0 aromatic carbocycles. The molecular weight excluding hydrogens is 254 g/mol. The van der Waals surface area contributed by atoms with Crippen LogP contribution in [0, 0.1) is 5.41 Å². The molecule has 5 nitrogen and oxygen atoms in total. The average Bonchev–Trinajstić information content (AvgIpc) is 2.11. The van der Waals surface area contributed by atoms with Gasteiger partial charge in [0.05, 0.1) is 24.6 Å². The second-order valence-electron chi connectivity index (χ2n) is 6.01. The zero-order chi connectivity index (χ0) is 14.4. The Morgan fingerprint density at radius 3 is 2.28 bits per heavy atom. The molecule has 0 amide bonds. The molecule has 2 N–H and O–H groups in total. The van der Waals surface area contributed by atoms with Crippen LogP contribution >= 0.6 is 0 Å². The monoisotopic (exact) mass is 281 g/mol. The van der Waals surface area contributed by atoms with Crippen LogP contribution in [0.15, 0.2) is 0 Å². The predicted molar refractivity (Wildman–Crippen MR) is 73.0 cm³/mol. The predicted octanol–water partition coefficient (Wildman–Crippen LogP) is 1.13. The fourth-order valence-electron chi connectivity index (χ4n) is 1.47. The molecule has 0 rings (SSSR count). The zero-order valence-electron chi connectivity index (χ0n) is 12.1. The maximum Gasteiger partial charge on any atom is 0.213 e. The van der Waals surface area contributed by atoms with Crippen LogP contribution in [-0.4, -0.2) is 44.6 Å². The first-order valence-corrected chi connectivity index (χ1v) is 7.94. The number of aliphatic hydroxyl groups excluding tert-OH is 1. The summed E-state index contributed by atoms with van der Waals surface area (Å²) in [6, 6.07) is 0. The van der Waals surface area contributed by atoms with E-state index in [1.165, 1.54) is 0 Å². The number of sulfonamides is 1. The first kappa shape index (κ1) is 17.8. The molecule has 0 aromatic heterocycles. The number of aliphatic hydroxyl groups is 1. The van der Waals surface area contributed by atoms with Gasteiger partial charge in [-0.15, -0.1) is 0 Å². The molecule has 1 unspecified atom stereocenters. The molecule has 0 aliphatic heterocycles. The van der Waals surface area contributed by atoms with E-state index < -0.39 is 16.1 Å². The van der Waals surface area contributed by atoms with Gasteiger partial charge in [0.15, 0.2) is 0 Å². The Labute approximate surface area is 111 Å². The lowest BCUT2D eigenvalue weighted by molar-refractivity contribution is 0.0909. The van der Waals surface area contributed by atoms with Crippen LogP contribution in [0.25, 0.3) is 0 Å². The molecule has 0 saturated carbocycles. The summed E-state index contributed by atoms with van der Waals surface area (Å²) in [5.41, 5.74) is -0.0222. The van der Waals surface area contributed by atoms with E-state index in [-0.39, 0.29) is 30.4 Å². The summed E-state index contributed by atoms with van der Waals surface area (Å²) < 4.78 is 30.7. The first-order chi connectivity index (χ1) is 8.02. The van der Waals surface area contributed by atoms with Crippen molar-refractivity contribution in [1.29, 1.82) is 0 Å². The van der Waals surface area contributed by atoms with Crippen molar-refractivity contribution in [2.45, 2.75) is 53.2 Å². The largest absolute Gasteiger partial charge is 0.392 e. The van der Waals surface area contributed by atoms with Crippen molar-refractivity contribution >= 4 is 10.0 Å². The van der Waals surface area contributed by atoms with Crippen molar-refractivity contribution < 1.29 is 18.3 Å². The van der Waals surface area contributed by atoms with E-state index >= 15 is 0 Å². The number of rotatable bonds is 8. The Morgan fingerprint density at radius 1 is 1.28 bits per heavy atom. The maximum absolute atomic E-state index is 11.6. The lowest BCUT2D eigenvalue weighted by Gasteiger charge is -2.22. The first-order valence-electron chi connectivity index (χ1n) is 6.29. The third-order valence-corrected chi connectivity index (χ3v) is 3.50. The Morgan fingerprint density at radius 2 is 1.83 bits per heavy atom. The Bertz CT molecular complexity index is 319. The smallest absolute Gasteiger partial charge is 0.213 e. The molecule has 0 aliphatic rings. The highest BCUT2D eigenvalue weighted by molar-refractivity contribution is 7.89.